The molecule has 1 fully saturated rings. The van der Waals surface area contributed by atoms with Crippen molar-refractivity contribution in [3.05, 3.63) is 29.3 Å². The molecule has 1 saturated heterocycles. The number of benzene rings is 1. The zero-order valence-electron chi connectivity index (χ0n) is 10.3. The van der Waals surface area contributed by atoms with Crippen LogP contribution in [0.25, 0.3) is 0 Å². The summed E-state index contributed by atoms with van der Waals surface area (Å²) in [5, 5.41) is 2.86. The number of carbonyl (C=O) groups is 1. The van der Waals surface area contributed by atoms with Crippen LogP contribution >= 0.6 is 15.9 Å². The predicted octanol–water partition coefficient (Wildman–Crippen LogP) is 3.04. The van der Waals surface area contributed by atoms with E-state index < -0.39 is 0 Å². The summed E-state index contributed by atoms with van der Waals surface area (Å²) < 4.78 is 5.62. The maximum absolute atomic E-state index is 11.3. The molecular weight excluding hydrogens is 294 g/mol. The second-order valence-corrected chi connectivity index (χ2v) is 6.06. The Balaban J connectivity index is 1.85. The van der Waals surface area contributed by atoms with Crippen LogP contribution < -0.4 is 5.32 Å². The van der Waals surface area contributed by atoms with Crippen LogP contribution in [-0.2, 0) is 16.0 Å². The van der Waals surface area contributed by atoms with Gasteiger partial charge in [0.2, 0.25) is 5.91 Å². The van der Waals surface area contributed by atoms with Crippen molar-refractivity contribution in [3.8, 4) is 0 Å². The lowest BCUT2D eigenvalue weighted by Gasteiger charge is -2.21. The zero-order valence-corrected chi connectivity index (χ0v) is 11.9. The smallest absolute Gasteiger partial charge is 0.228 e. The highest BCUT2D eigenvalue weighted by molar-refractivity contribution is 9.09. The van der Waals surface area contributed by atoms with E-state index in [9.17, 15) is 4.79 Å². The molecule has 1 aromatic carbocycles. The number of hydrogen-bond acceptors (Lipinski definition) is 2. The Morgan fingerprint density at radius 1 is 1.50 bits per heavy atom. The molecular formula is C14H16BrNO2. The van der Waals surface area contributed by atoms with E-state index in [-0.39, 0.29) is 5.91 Å². The lowest BCUT2D eigenvalue weighted by molar-refractivity contribution is -0.115. The van der Waals surface area contributed by atoms with Crippen LogP contribution in [0, 0.1) is 5.92 Å². The fourth-order valence-electron chi connectivity index (χ4n) is 2.80. The molecule has 3 nitrogen and oxygen atoms in total. The van der Waals surface area contributed by atoms with Crippen molar-refractivity contribution in [2.24, 2.45) is 5.92 Å². The van der Waals surface area contributed by atoms with E-state index in [0.717, 1.165) is 24.3 Å². The number of rotatable bonds is 2. The second-order valence-electron chi connectivity index (χ2n) is 5.07. The van der Waals surface area contributed by atoms with Gasteiger partial charge in [0, 0.05) is 23.0 Å². The van der Waals surface area contributed by atoms with Gasteiger partial charge in [0.15, 0.2) is 0 Å². The highest BCUT2D eigenvalue weighted by atomic mass is 79.9. The largest absolute Gasteiger partial charge is 0.378 e. The number of halogens is 1. The molecule has 3 unspecified atom stereocenters. The fraction of sp³-hybridized carbons (Fsp3) is 0.500. The average molecular weight is 310 g/mol. The van der Waals surface area contributed by atoms with E-state index >= 15 is 0 Å². The summed E-state index contributed by atoms with van der Waals surface area (Å²) in [6.07, 6.45) is 1.88. The molecule has 4 heteroatoms. The Bertz CT molecular complexity index is 489. The second kappa shape index (κ2) is 4.67. The third kappa shape index (κ3) is 2.08. The summed E-state index contributed by atoms with van der Waals surface area (Å²) in [5.41, 5.74) is 3.31. The third-order valence-corrected chi connectivity index (χ3v) is 5.09. The van der Waals surface area contributed by atoms with Crippen molar-refractivity contribution in [1.82, 2.24) is 0 Å². The number of fused-ring (bicyclic) bond motifs is 1. The SMILES string of the molecule is CC1OCCC1C(Br)c1ccc2c(c1)CC(=O)N2. The van der Waals surface area contributed by atoms with Gasteiger partial charge in [0.25, 0.3) is 0 Å². The lowest BCUT2D eigenvalue weighted by Crippen LogP contribution is -2.16. The molecule has 96 valence electrons. The molecule has 0 aromatic heterocycles. The molecule has 0 aliphatic carbocycles. The minimum Gasteiger partial charge on any atom is -0.378 e. The molecule has 1 N–H and O–H groups in total. The van der Waals surface area contributed by atoms with Gasteiger partial charge in [0.1, 0.15) is 0 Å². The van der Waals surface area contributed by atoms with E-state index in [1.165, 1.54) is 5.56 Å². The molecule has 2 aliphatic rings. The highest BCUT2D eigenvalue weighted by Crippen LogP contribution is 2.40. The Morgan fingerprint density at radius 3 is 3.06 bits per heavy atom. The molecule has 0 bridgehead atoms. The molecule has 3 rings (SSSR count). The van der Waals surface area contributed by atoms with Crippen LogP contribution in [0.2, 0.25) is 0 Å². The third-order valence-electron chi connectivity index (χ3n) is 3.88. The summed E-state index contributed by atoms with van der Waals surface area (Å²) >= 11 is 3.79. The van der Waals surface area contributed by atoms with Crippen molar-refractivity contribution >= 4 is 27.5 Å². The van der Waals surface area contributed by atoms with Crippen molar-refractivity contribution in [2.45, 2.75) is 30.7 Å². The van der Waals surface area contributed by atoms with Crippen molar-refractivity contribution in [2.75, 3.05) is 11.9 Å². The maximum Gasteiger partial charge on any atom is 0.228 e. The van der Waals surface area contributed by atoms with Gasteiger partial charge in [0.05, 0.1) is 12.5 Å². The van der Waals surface area contributed by atoms with Crippen molar-refractivity contribution in [1.29, 1.82) is 0 Å². The summed E-state index contributed by atoms with van der Waals surface area (Å²) in [6, 6.07) is 6.23. The van der Waals surface area contributed by atoms with E-state index in [1.54, 1.807) is 0 Å². The number of carbonyl (C=O) groups excluding carboxylic acids is 1. The molecule has 0 spiro atoms. The Labute approximate surface area is 115 Å². The highest BCUT2D eigenvalue weighted by Gasteiger charge is 2.32. The van der Waals surface area contributed by atoms with Crippen LogP contribution in [0.5, 0.6) is 0 Å². The average Bonchev–Trinajstić information content (AvgIpc) is 2.91. The number of anilines is 1. The zero-order chi connectivity index (χ0) is 12.7. The first-order valence-corrected chi connectivity index (χ1v) is 7.25. The molecule has 1 amide bonds. The van der Waals surface area contributed by atoms with Crippen LogP contribution in [0.1, 0.15) is 29.3 Å². The molecule has 2 aliphatic heterocycles. The molecule has 2 heterocycles. The minimum absolute atomic E-state index is 0.0887. The summed E-state index contributed by atoms with van der Waals surface area (Å²) in [5.74, 6) is 0.596. The van der Waals surface area contributed by atoms with Gasteiger partial charge in [-0.2, -0.15) is 0 Å². The van der Waals surface area contributed by atoms with E-state index in [1.807, 2.05) is 6.07 Å². The van der Waals surface area contributed by atoms with Crippen molar-refractivity contribution < 1.29 is 9.53 Å². The lowest BCUT2D eigenvalue weighted by atomic mass is 9.92. The molecule has 0 radical (unpaired) electrons. The number of hydrogen-bond donors (Lipinski definition) is 1. The van der Waals surface area contributed by atoms with Gasteiger partial charge in [-0.1, -0.05) is 28.1 Å². The van der Waals surface area contributed by atoms with Gasteiger partial charge in [-0.05, 0) is 30.5 Å². The van der Waals surface area contributed by atoms with Crippen LogP contribution in [0.15, 0.2) is 18.2 Å². The predicted molar refractivity (Wildman–Crippen MR) is 74.0 cm³/mol. The normalized spacial score (nSPS) is 28.0. The fourth-order valence-corrected chi connectivity index (χ4v) is 3.78. The van der Waals surface area contributed by atoms with Gasteiger partial charge < -0.3 is 10.1 Å². The van der Waals surface area contributed by atoms with E-state index in [2.05, 4.69) is 40.3 Å². The number of nitrogens with one attached hydrogen (secondary N) is 1. The number of alkyl halides is 1. The van der Waals surface area contributed by atoms with Gasteiger partial charge >= 0.3 is 0 Å². The monoisotopic (exact) mass is 309 g/mol. The first kappa shape index (κ1) is 12.2. The first-order chi connectivity index (χ1) is 8.65. The summed E-state index contributed by atoms with van der Waals surface area (Å²) in [4.78, 5) is 11.6. The van der Waals surface area contributed by atoms with E-state index in [4.69, 9.17) is 4.74 Å². The van der Waals surface area contributed by atoms with Gasteiger partial charge in [-0.3, -0.25) is 4.79 Å². The van der Waals surface area contributed by atoms with Crippen LogP contribution in [0.4, 0.5) is 5.69 Å². The molecule has 3 atom stereocenters. The quantitative estimate of drug-likeness (QED) is 0.853. The van der Waals surface area contributed by atoms with Crippen LogP contribution in [0.3, 0.4) is 0 Å². The van der Waals surface area contributed by atoms with Gasteiger partial charge in [-0.15, -0.1) is 0 Å². The summed E-state index contributed by atoms with van der Waals surface area (Å²) in [7, 11) is 0. The molecule has 0 saturated carbocycles. The topological polar surface area (TPSA) is 38.3 Å². The summed E-state index contributed by atoms with van der Waals surface area (Å²) in [6.45, 7) is 2.98. The van der Waals surface area contributed by atoms with Gasteiger partial charge in [-0.25, -0.2) is 0 Å². The number of amides is 1. The minimum atomic E-state index is 0.0887. The Hall–Kier alpha value is -0.870. The Kier molecular flexibility index (Phi) is 3.16. The maximum atomic E-state index is 11.3. The number of ether oxygens (including phenoxy) is 1. The molecule has 1 aromatic rings. The molecule has 18 heavy (non-hydrogen) atoms. The standard InChI is InChI=1S/C14H16BrNO2/c1-8-11(4-5-18-8)14(15)9-2-3-12-10(6-9)7-13(17)16-12/h2-3,6,8,11,14H,4-5,7H2,1H3,(H,16,17). The van der Waals surface area contributed by atoms with Crippen molar-refractivity contribution in [3.63, 3.8) is 0 Å². The van der Waals surface area contributed by atoms with Crippen LogP contribution in [-0.4, -0.2) is 18.6 Å². The first-order valence-electron chi connectivity index (χ1n) is 6.33. The van der Waals surface area contributed by atoms with E-state index in [0.29, 0.717) is 23.3 Å². The Morgan fingerprint density at radius 2 is 2.33 bits per heavy atom.